The number of aromatic nitrogens is 2. The van der Waals surface area contributed by atoms with Crippen LogP contribution in [-0.4, -0.2) is 40.9 Å². The van der Waals surface area contributed by atoms with Gasteiger partial charge in [0, 0.05) is 38.4 Å². The van der Waals surface area contributed by atoms with Gasteiger partial charge in [0.05, 0.1) is 6.54 Å². The third-order valence-electron chi connectivity index (χ3n) is 4.11. The van der Waals surface area contributed by atoms with E-state index in [1.807, 2.05) is 0 Å². The average Bonchev–Trinajstić information content (AvgIpc) is 2.66. The largest absolute Gasteiger partial charge is 0.351 e. The van der Waals surface area contributed by atoms with E-state index in [-0.39, 0.29) is 13.1 Å². The Balaban J connectivity index is 2.19. The Kier molecular flexibility index (Phi) is 6.81. The quantitative estimate of drug-likeness (QED) is 0.670. The van der Waals surface area contributed by atoms with Gasteiger partial charge < -0.3 is 9.88 Å². The molecule has 1 N–H and O–H groups in total. The summed E-state index contributed by atoms with van der Waals surface area (Å²) in [5.41, 5.74) is -0.786. The summed E-state index contributed by atoms with van der Waals surface area (Å²) in [6.45, 7) is 1.27. The minimum atomic E-state index is -4.27. The summed E-state index contributed by atoms with van der Waals surface area (Å²) in [5.74, 6) is -0.526. The maximum absolute atomic E-state index is 12.8. The minimum Gasteiger partial charge on any atom is -0.351 e. The van der Waals surface area contributed by atoms with Crippen LogP contribution < -0.4 is 16.6 Å². The molecule has 0 aliphatic rings. The first-order valence-corrected chi connectivity index (χ1v) is 10.2. The van der Waals surface area contributed by atoms with Crippen LogP contribution in [0.25, 0.3) is 0 Å². The molecular weight excluding hydrogens is 408 g/mol. The number of rotatable bonds is 7. The number of nitrogens with zero attached hydrogens (tertiary/aromatic N) is 3. The predicted molar refractivity (Wildman–Crippen MR) is 105 cm³/mol. The molecule has 9 nitrogen and oxygen atoms in total. The lowest BCUT2D eigenvalue weighted by molar-refractivity contribution is -0.121. The molecule has 0 saturated heterocycles. The first-order valence-electron chi connectivity index (χ1n) is 8.36. The molecule has 28 heavy (non-hydrogen) atoms. The minimum absolute atomic E-state index is 0.0251. The molecule has 0 aliphatic carbocycles. The first-order chi connectivity index (χ1) is 13.1. The van der Waals surface area contributed by atoms with E-state index in [0.29, 0.717) is 9.59 Å². The molecule has 1 aromatic carbocycles. The molecule has 0 fully saturated rings. The number of sulfonamides is 1. The first kappa shape index (κ1) is 21.9. The number of hydrogen-bond donors (Lipinski definition) is 1. The molecule has 1 heterocycles. The highest BCUT2D eigenvalue weighted by Crippen LogP contribution is 2.11. The summed E-state index contributed by atoms with van der Waals surface area (Å²) in [6.07, 6.45) is 0.967. The van der Waals surface area contributed by atoms with Gasteiger partial charge >= 0.3 is 5.69 Å². The summed E-state index contributed by atoms with van der Waals surface area (Å²) in [4.78, 5) is 35.7. The van der Waals surface area contributed by atoms with Crippen molar-refractivity contribution in [3.8, 4) is 0 Å². The van der Waals surface area contributed by atoms with E-state index >= 15 is 0 Å². The van der Waals surface area contributed by atoms with E-state index in [0.717, 1.165) is 20.6 Å². The van der Waals surface area contributed by atoms with Crippen molar-refractivity contribution >= 4 is 27.5 Å². The Bertz CT molecular complexity index is 1090. The van der Waals surface area contributed by atoms with E-state index in [2.05, 4.69) is 5.32 Å². The number of halogens is 1. The number of likely N-dealkylation sites (N-methyl/N-ethyl adjacent to an activating group) is 1. The molecule has 0 unspecified atom stereocenters. The zero-order valence-corrected chi connectivity index (χ0v) is 17.2. The molecule has 0 bridgehead atoms. The molecule has 0 saturated carbocycles. The molecule has 11 heteroatoms. The Hall–Kier alpha value is -2.43. The van der Waals surface area contributed by atoms with Crippen LogP contribution in [0, 0.1) is 0 Å². The summed E-state index contributed by atoms with van der Waals surface area (Å²) >= 11 is 5.81. The van der Waals surface area contributed by atoms with Crippen LogP contribution in [0.15, 0.2) is 44.9 Å². The molecule has 152 valence electrons. The van der Waals surface area contributed by atoms with Crippen molar-refractivity contribution in [2.24, 2.45) is 14.1 Å². The molecule has 0 radical (unpaired) electrons. The Morgan fingerprint density at radius 3 is 2.36 bits per heavy atom. The van der Waals surface area contributed by atoms with Gasteiger partial charge in [0.2, 0.25) is 5.91 Å². The van der Waals surface area contributed by atoms with Crippen LogP contribution in [-0.2, 0) is 35.5 Å². The summed E-state index contributed by atoms with van der Waals surface area (Å²) in [6, 6.07) is 6.85. The molecule has 0 spiro atoms. The van der Waals surface area contributed by atoms with Crippen molar-refractivity contribution in [1.29, 1.82) is 0 Å². The normalized spacial score (nSPS) is 11.6. The second-order valence-electron chi connectivity index (χ2n) is 6.09. The van der Waals surface area contributed by atoms with Crippen LogP contribution in [0.1, 0.15) is 12.5 Å². The molecule has 1 aromatic heterocycles. The van der Waals surface area contributed by atoms with Gasteiger partial charge in [0.25, 0.3) is 15.6 Å². The Labute approximate surface area is 167 Å². The lowest BCUT2D eigenvalue weighted by Crippen LogP contribution is -2.45. The number of aryl methyl sites for hydroxylation is 1. The zero-order chi connectivity index (χ0) is 21.1. The number of benzene rings is 1. The van der Waals surface area contributed by atoms with E-state index in [9.17, 15) is 22.8 Å². The highest BCUT2D eigenvalue weighted by atomic mass is 35.5. The van der Waals surface area contributed by atoms with Gasteiger partial charge in [-0.05, 0) is 17.7 Å². The van der Waals surface area contributed by atoms with Crippen molar-refractivity contribution in [2.45, 2.75) is 18.4 Å². The van der Waals surface area contributed by atoms with Crippen molar-refractivity contribution in [3.63, 3.8) is 0 Å². The van der Waals surface area contributed by atoms with Crippen LogP contribution in [0.5, 0.6) is 0 Å². The third kappa shape index (κ3) is 4.70. The van der Waals surface area contributed by atoms with Gasteiger partial charge in [-0.2, -0.15) is 4.31 Å². The van der Waals surface area contributed by atoms with E-state index in [4.69, 9.17) is 11.6 Å². The molecule has 1 amide bonds. The summed E-state index contributed by atoms with van der Waals surface area (Å²) < 4.78 is 28.3. The lowest BCUT2D eigenvalue weighted by Gasteiger charge is -2.20. The van der Waals surface area contributed by atoms with Gasteiger partial charge in [-0.3, -0.25) is 14.2 Å². The average molecular weight is 429 g/mol. The number of carbonyl (C=O) groups excluding carboxylic acids is 1. The van der Waals surface area contributed by atoms with Crippen LogP contribution in [0.2, 0.25) is 5.02 Å². The van der Waals surface area contributed by atoms with E-state index in [1.165, 1.54) is 14.1 Å². The van der Waals surface area contributed by atoms with Crippen molar-refractivity contribution < 1.29 is 13.2 Å². The van der Waals surface area contributed by atoms with Crippen LogP contribution >= 0.6 is 11.6 Å². The fourth-order valence-corrected chi connectivity index (χ4v) is 4.16. The topological polar surface area (TPSA) is 110 Å². The van der Waals surface area contributed by atoms with Crippen molar-refractivity contribution in [2.75, 3.05) is 13.1 Å². The highest BCUT2D eigenvalue weighted by molar-refractivity contribution is 7.89. The molecule has 0 atom stereocenters. The maximum atomic E-state index is 12.8. The molecule has 2 rings (SSSR count). The Morgan fingerprint density at radius 2 is 1.79 bits per heavy atom. The fraction of sp³-hybridized carbons (Fsp3) is 0.353. The fourth-order valence-electron chi connectivity index (χ4n) is 2.48. The van der Waals surface area contributed by atoms with Crippen LogP contribution in [0.3, 0.4) is 0 Å². The summed E-state index contributed by atoms with van der Waals surface area (Å²) in [5, 5.41) is 3.19. The predicted octanol–water partition coefficient (Wildman–Crippen LogP) is 0.0644. The number of nitrogens with one attached hydrogen (secondary N) is 1. The summed E-state index contributed by atoms with van der Waals surface area (Å²) in [7, 11) is -1.73. The van der Waals surface area contributed by atoms with Gasteiger partial charge in [0.1, 0.15) is 0 Å². The standard InChI is InChI=1S/C17H21ClN4O5S/c1-4-22(11-15(23)19-9-12-5-7-13(18)8-6-12)28(26,27)14-10-20(2)17(25)21(3)16(14)24/h5-8,10H,4,9,11H2,1-3H3,(H,19,23). The van der Waals surface area contributed by atoms with Gasteiger partial charge in [-0.1, -0.05) is 30.7 Å². The van der Waals surface area contributed by atoms with Gasteiger partial charge in [-0.25, -0.2) is 13.2 Å². The zero-order valence-electron chi connectivity index (χ0n) is 15.7. The number of amides is 1. The number of carbonyl (C=O) groups is 1. The molecular formula is C17H21ClN4O5S. The highest BCUT2D eigenvalue weighted by Gasteiger charge is 2.29. The SMILES string of the molecule is CCN(CC(=O)NCc1ccc(Cl)cc1)S(=O)(=O)c1cn(C)c(=O)n(C)c1=O. The van der Waals surface area contributed by atoms with Crippen LogP contribution in [0.4, 0.5) is 0 Å². The van der Waals surface area contributed by atoms with Gasteiger partial charge in [0.15, 0.2) is 4.90 Å². The number of hydrogen-bond acceptors (Lipinski definition) is 5. The van der Waals surface area contributed by atoms with Crippen molar-refractivity contribution in [3.05, 3.63) is 61.9 Å². The maximum Gasteiger partial charge on any atom is 0.330 e. The second kappa shape index (κ2) is 8.72. The van der Waals surface area contributed by atoms with Gasteiger partial charge in [-0.15, -0.1) is 0 Å². The Morgan fingerprint density at radius 1 is 1.18 bits per heavy atom. The monoisotopic (exact) mass is 428 g/mol. The molecule has 0 aliphatic heterocycles. The molecule has 2 aromatic rings. The van der Waals surface area contributed by atoms with E-state index < -0.39 is 38.6 Å². The van der Waals surface area contributed by atoms with E-state index in [1.54, 1.807) is 31.2 Å². The lowest BCUT2D eigenvalue weighted by atomic mass is 10.2. The van der Waals surface area contributed by atoms with Crippen molar-refractivity contribution in [1.82, 2.24) is 18.8 Å². The smallest absolute Gasteiger partial charge is 0.330 e. The second-order valence-corrected chi connectivity index (χ2v) is 8.43. The third-order valence-corrected chi connectivity index (χ3v) is 6.26.